The Hall–Kier alpha value is -1.10. The molecule has 1 N–H and O–H groups in total. The van der Waals surface area contributed by atoms with Crippen LogP contribution in [0.2, 0.25) is 5.02 Å². The molecule has 0 spiro atoms. The maximum atomic E-state index is 13.3. The molecular formula is C23H36ClN3O. The number of hydrogen-bond donors (Lipinski definition) is 1. The van der Waals surface area contributed by atoms with E-state index in [2.05, 4.69) is 29.0 Å². The van der Waals surface area contributed by atoms with E-state index < -0.39 is 0 Å². The van der Waals surface area contributed by atoms with Crippen LogP contribution in [0.15, 0.2) is 24.3 Å². The summed E-state index contributed by atoms with van der Waals surface area (Å²) in [6, 6.07) is 8.22. The Labute approximate surface area is 175 Å². The molecule has 2 aliphatic heterocycles. The predicted molar refractivity (Wildman–Crippen MR) is 117 cm³/mol. The Bertz CT molecular complexity index is 605. The third kappa shape index (κ3) is 6.47. The molecule has 2 saturated heterocycles. The van der Waals surface area contributed by atoms with Gasteiger partial charge >= 0.3 is 0 Å². The summed E-state index contributed by atoms with van der Waals surface area (Å²) in [5, 5.41) is 4.48. The zero-order chi connectivity index (χ0) is 19.9. The van der Waals surface area contributed by atoms with E-state index in [1.165, 1.54) is 18.5 Å². The number of benzene rings is 1. The highest BCUT2D eigenvalue weighted by Crippen LogP contribution is 2.18. The molecule has 0 aliphatic carbocycles. The van der Waals surface area contributed by atoms with Crippen molar-refractivity contribution in [3.05, 3.63) is 34.9 Å². The van der Waals surface area contributed by atoms with Gasteiger partial charge in [-0.1, -0.05) is 37.6 Å². The molecule has 2 heterocycles. The molecule has 28 heavy (non-hydrogen) atoms. The van der Waals surface area contributed by atoms with Gasteiger partial charge in [0, 0.05) is 30.7 Å². The Kier molecular flexibility index (Phi) is 8.19. The lowest BCUT2D eigenvalue weighted by atomic mass is 9.98. The molecule has 2 aliphatic rings. The summed E-state index contributed by atoms with van der Waals surface area (Å²) in [7, 11) is 0. The molecule has 0 unspecified atom stereocenters. The molecule has 3 rings (SSSR count). The largest absolute Gasteiger partial charge is 0.341 e. The fourth-order valence-corrected chi connectivity index (χ4v) is 4.62. The van der Waals surface area contributed by atoms with Crippen LogP contribution in [-0.4, -0.2) is 60.5 Å². The monoisotopic (exact) mass is 405 g/mol. The van der Waals surface area contributed by atoms with Gasteiger partial charge in [-0.05, 0) is 75.2 Å². The van der Waals surface area contributed by atoms with Gasteiger partial charge in [0.25, 0.3) is 0 Å². The first-order valence-corrected chi connectivity index (χ1v) is 11.4. The van der Waals surface area contributed by atoms with Crippen LogP contribution in [0.25, 0.3) is 0 Å². The van der Waals surface area contributed by atoms with Crippen molar-refractivity contribution in [1.29, 1.82) is 0 Å². The minimum absolute atomic E-state index is 0.138. The van der Waals surface area contributed by atoms with Gasteiger partial charge in [0.15, 0.2) is 0 Å². The van der Waals surface area contributed by atoms with Gasteiger partial charge in [0.05, 0.1) is 6.04 Å². The summed E-state index contributed by atoms with van der Waals surface area (Å²) in [4.78, 5) is 17.9. The van der Waals surface area contributed by atoms with E-state index in [0.717, 1.165) is 63.3 Å². The van der Waals surface area contributed by atoms with Gasteiger partial charge in [-0.15, -0.1) is 0 Å². The summed E-state index contributed by atoms with van der Waals surface area (Å²) < 4.78 is 0. The summed E-state index contributed by atoms with van der Waals surface area (Å²) in [6.45, 7) is 9.80. The molecule has 0 saturated carbocycles. The van der Waals surface area contributed by atoms with Gasteiger partial charge in [0.2, 0.25) is 5.91 Å². The van der Waals surface area contributed by atoms with Crippen molar-refractivity contribution >= 4 is 17.5 Å². The molecule has 0 aromatic heterocycles. The number of carbonyl (C=O) groups is 1. The fraction of sp³-hybridized carbons (Fsp3) is 0.696. The highest BCUT2D eigenvalue weighted by molar-refractivity contribution is 6.30. The lowest BCUT2D eigenvalue weighted by Gasteiger charge is -2.37. The van der Waals surface area contributed by atoms with Crippen molar-refractivity contribution in [2.45, 2.75) is 64.5 Å². The minimum atomic E-state index is -0.138. The van der Waals surface area contributed by atoms with Crippen LogP contribution in [0.3, 0.4) is 0 Å². The van der Waals surface area contributed by atoms with Crippen molar-refractivity contribution in [1.82, 2.24) is 15.1 Å². The highest BCUT2D eigenvalue weighted by Gasteiger charge is 2.29. The van der Waals surface area contributed by atoms with E-state index >= 15 is 0 Å². The number of amides is 1. The SMILES string of the molecule is CC(C)CN1CCC(N[C@H](Cc2ccc(Cl)cc2)C(=O)N2CCCCC2)CC1. The number of piperidine rings is 2. The van der Waals surface area contributed by atoms with E-state index in [1.54, 1.807) is 0 Å². The third-order valence-corrected chi connectivity index (χ3v) is 6.22. The maximum absolute atomic E-state index is 13.3. The van der Waals surface area contributed by atoms with Crippen molar-refractivity contribution in [3.63, 3.8) is 0 Å². The highest BCUT2D eigenvalue weighted by atomic mass is 35.5. The molecule has 1 aromatic carbocycles. The first kappa shape index (κ1) is 21.6. The second kappa shape index (κ2) is 10.6. The number of rotatable bonds is 7. The van der Waals surface area contributed by atoms with Crippen molar-refractivity contribution < 1.29 is 4.79 Å². The average Bonchev–Trinajstić information content (AvgIpc) is 2.70. The van der Waals surface area contributed by atoms with Crippen LogP contribution in [0.4, 0.5) is 0 Å². The van der Waals surface area contributed by atoms with E-state index in [4.69, 9.17) is 11.6 Å². The second-order valence-corrected chi connectivity index (χ2v) is 9.34. The molecule has 2 fully saturated rings. The van der Waals surface area contributed by atoms with Crippen molar-refractivity contribution in [3.8, 4) is 0 Å². The number of likely N-dealkylation sites (tertiary alicyclic amines) is 2. The quantitative estimate of drug-likeness (QED) is 0.745. The smallest absolute Gasteiger partial charge is 0.240 e. The maximum Gasteiger partial charge on any atom is 0.240 e. The van der Waals surface area contributed by atoms with Gasteiger partial charge in [-0.2, -0.15) is 0 Å². The van der Waals surface area contributed by atoms with E-state index in [9.17, 15) is 4.79 Å². The topological polar surface area (TPSA) is 35.6 Å². The number of hydrogen-bond acceptors (Lipinski definition) is 3. The van der Waals surface area contributed by atoms with Crippen LogP contribution in [0.5, 0.6) is 0 Å². The fourth-order valence-electron chi connectivity index (χ4n) is 4.49. The first-order chi connectivity index (χ1) is 13.5. The first-order valence-electron chi connectivity index (χ1n) is 11.0. The number of carbonyl (C=O) groups excluding carboxylic acids is 1. The van der Waals surface area contributed by atoms with Gasteiger partial charge in [-0.25, -0.2) is 0 Å². The molecular weight excluding hydrogens is 370 g/mol. The summed E-state index contributed by atoms with van der Waals surface area (Å²) in [5.41, 5.74) is 1.17. The van der Waals surface area contributed by atoms with Gasteiger partial charge in [0.1, 0.15) is 0 Å². The zero-order valence-corrected chi connectivity index (χ0v) is 18.3. The van der Waals surface area contributed by atoms with Crippen molar-refractivity contribution in [2.24, 2.45) is 5.92 Å². The molecule has 5 heteroatoms. The Morgan fingerprint density at radius 3 is 2.32 bits per heavy atom. The van der Waals surface area contributed by atoms with Crippen LogP contribution < -0.4 is 5.32 Å². The molecule has 1 amide bonds. The van der Waals surface area contributed by atoms with Crippen molar-refractivity contribution in [2.75, 3.05) is 32.7 Å². The lowest BCUT2D eigenvalue weighted by molar-refractivity contribution is -0.134. The molecule has 156 valence electrons. The van der Waals surface area contributed by atoms with E-state index in [0.29, 0.717) is 12.0 Å². The van der Waals surface area contributed by atoms with E-state index in [-0.39, 0.29) is 11.9 Å². The standard InChI is InChI=1S/C23H36ClN3O/c1-18(2)17-26-14-10-21(11-15-26)25-22(16-19-6-8-20(24)9-7-19)23(28)27-12-4-3-5-13-27/h6-9,18,21-22,25H,3-5,10-17H2,1-2H3/t22-/m1/s1. The normalized spacial score (nSPS) is 20.5. The summed E-state index contributed by atoms with van der Waals surface area (Å²) in [5.74, 6) is 0.988. The Morgan fingerprint density at radius 2 is 1.71 bits per heavy atom. The predicted octanol–water partition coefficient (Wildman–Crippen LogP) is 3.97. The summed E-state index contributed by atoms with van der Waals surface area (Å²) >= 11 is 6.04. The molecule has 1 atom stereocenters. The summed E-state index contributed by atoms with van der Waals surface area (Å²) in [6.07, 6.45) is 6.49. The van der Waals surface area contributed by atoms with Gasteiger partial charge in [-0.3, -0.25) is 4.79 Å². The second-order valence-electron chi connectivity index (χ2n) is 8.90. The Morgan fingerprint density at radius 1 is 1.07 bits per heavy atom. The zero-order valence-electron chi connectivity index (χ0n) is 17.5. The van der Waals surface area contributed by atoms with Crippen LogP contribution in [-0.2, 0) is 11.2 Å². The van der Waals surface area contributed by atoms with Crippen LogP contribution >= 0.6 is 11.6 Å². The van der Waals surface area contributed by atoms with Crippen LogP contribution in [0.1, 0.15) is 51.5 Å². The minimum Gasteiger partial charge on any atom is -0.341 e. The molecule has 4 nitrogen and oxygen atoms in total. The van der Waals surface area contributed by atoms with E-state index in [1.807, 2.05) is 24.3 Å². The molecule has 1 aromatic rings. The Balaban J connectivity index is 1.62. The number of halogens is 1. The third-order valence-electron chi connectivity index (χ3n) is 5.97. The molecule has 0 bridgehead atoms. The number of nitrogens with zero attached hydrogens (tertiary/aromatic N) is 2. The average molecular weight is 406 g/mol. The molecule has 0 radical (unpaired) electrons. The lowest BCUT2D eigenvalue weighted by Crippen LogP contribution is -2.54. The van der Waals surface area contributed by atoms with Gasteiger partial charge < -0.3 is 15.1 Å². The number of nitrogens with one attached hydrogen (secondary N) is 1. The van der Waals surface area contributed by atoms with Crippen LogP contribution in [0, 0.1) is 5.92 Å².